The Morgan fingerprint density at radius 1 is 1.00 bits per heavy atom. The van der Waals surface area contributed by atoms with E-state index in [9.17, 15) is 4.79 Å². The van der Waals surface area contributed by atoms with Crippen molar-refractivity contribution < 1.29 is 9.53 Å². The molecular formula is C37H46N2O2. The lowest BCUT2D eigenvalue weighted by atomic mass is 9.75. The van der Waals surface area contributed by atoms with Crippen molar-refractivity contribution in [3.8, 4) is 0 Å². The van der Waals surface area contributed by atoms with Gasteiger partial charge in [0.25, 0.3) is 0 Å². The first kappa shape index (κ1) is 28.0. The third kappa shape index (κ3) is 5.55. The van der Waals surface area contributed by atoms with E-state index in [1.54, 1.807) is 0 Å². The average molecular weight is 551 g/mol. The molecule has 4 atom stereocenters. The number of esters is 1. The molecule has 0 radical (unpaired) electrons. The lowest BCUT2D eigenvalue weighted by Crippen LogP contribution is -2.37. The van der Waals surface area contributed by atoms with E-state index in [1.807, 2.05) is 0 Å². The number of carbonyl (C=O) groups is 1. The van der Waals surface area contributed by atoms with Gasteiger partial charge in [0.15, 0.2) is 0 Å². The molecule has 4 nitrogen and oxygen atoms in total. The van der Waals surface area contributed by atoms with Gasteiger partial charge in [-0.3, -0.25) is 9.20 Å². The number of hydrogen-bond acceptors (Lipinski definition) is 3. The van der Waals surface area contributed by atoms with E-state index in [-0.39, 0.29) is 18.0 Å². The topological polar surface area (TPSA) is 43.6 Å². The summed E-state index contributed by atoms with van der Waals surface area (Å²) in [7, 11) is 0. The van der Waals surface area contributed by atoms with Gasteiger partial charge in [-0.15, -0.1) is 0 Å². The Kier molecular flexibility index (Phi) is 7.94. The number of aromatic nitrogens is 2. The van der Waals surface area contributed by atoms with Crippen LogP contribution in [0.25, 0.3) is 16.6 Å². The first-order chi connectivity index (χ1) is 19.8. The molecule has 0 N–H and O–H groups in total. The summed E-state index contributed by atoms with van der Waals surface area (Å²) in [5, 5.41) is 1.26. The Bertz CT molecular complexity index is 1530. The number of aryl methyl sites for hydroxylation is 2. The highest BCUT2D eigenvalue weighted by Crippen LogP contribution is 2.41. The van der Waals surface area contributed by atoms with E-state index in [0.29, 0.717) is 23.7 Å². The Labute approximate surface area is 245 Å². The van der Waals surface area contributed by atoms with E-state index in [1.165, 1.54) is 47.0 Å². The van der Waals surface area contributed by atoms with Crippen LogP contribution in [-0.4, -0.2) is 21.5 Å². The number of benzene rings is 2. The summed E-state index contributed by atoms with van der Waals surface area (Å²) in [5.41, 5.74) is 8.12. The maximum atomic E-state index is 13.9. The summed E-state index contributed by atoms with van der Waals surface area (Å²) in [5.74, 6) is 1.84. The van der Waals surface area contributed by atoms with Gasteiger partial charge >= 0.3 is 5.97 Å². The molecule has 0 spiro atoms. The van der Waals surface area contributed by atoms with Gasteiger partial charge in [0, 0.05) is 28.8 Å². The number of ether oxygens (including phenoxy) is 1. The molecule has 216 valence electrons. The third-order valence-electron chi connectivity index (χ3n) is 10.1. The molecule has 2 fully saturated rings. The van der Waals surface area contributed by atoms with E-state index in [4.69, 9.17) is 9.72 Å². The summed E-state index contributed by atoms with van der Waals surface area (Å²) in [6.07, 6.45) is 8.91. The molecule has 0 unspecified atom stereocenters. The van der Waals surface area contributed by atoms with Crippen molar-refractivity contribution in [1.82, 2.24) is 9.38 Å². The van der Waals surface area contributed by atoms with Gasteiger partial charge in [0.1, 0.15) is 11.8 Å². The summed E-state index contributed by atoms with van der Waals surface area (Å²) in [6, 6.07) is 19.6. The lowest BCUT2D eigenvalue weighted by molar-refractivity contribution is -0.159. The number of para-hydroxylation sites is 1. The van der Waals surface area contributed by atoms with Gasteiger partial charge < -0.3 is 4.74 Å². The third-order valence-corrected chi connectivity index (χ3v) is 10.1. The van der Waals surface area contributed by atoms with Crippen LogP contribution in [0.15, 0.2) is 54.6 Å². The molecule has 2 heterocycles. The molecule has 2 aromatic carbocycles. The van der Waals surface area contributed by atoms with Crippen molar-refractivity contribution in [2.24, 2.45) is 23.7 Å². The molecule has 6 rings (SSSR count). The summed E-state index contributed by atoms with van der Waals surface area (Å²) >= 11 is 0. The van der Waals surface area contributed by atoms with Gasteiger partial charge in [-0.05, 0) is 86.5 Å². The first-order valence-electron chi connectivity index (χ1n) is 16.0. The van der Waals surface area contributed by atoms with Crippen LogP contribution in [0, 0.1) is 37.5 Å². The smallest absolute Gasteiger partial charge is 0.313 e. The van der Waals surface area contributed by atoms with Crippen molar-refractivity contribution in [2.45, 2.75) is 98.0 Å². The van der Waals surface area contributed by atoms with Gasteiger partial charge in [0.2, 0.25) is 0 Å². The quantitative estimate of drug-likeness (QED) is 0.216. The lowest BCUT2D eigenvalue weighted by Gasteiger charge is -2.37. The maximum Gasteiger partial charge on any atom is 0.313 e. The Morgan fingerprint density at radius 3 is 2.46 bits per heavy atom. The molecule has 4 aromatic rings. The van der Waals surface area contributed by atoms with Crippen LogP contribution in [0.5, 0.6) is 0 Å². The molecule has 0 amide bonds. The fourth-order valence-electron chi connectivity index (χ4n) is 7.92. The highest BCUT2D eigenvalue weighted by Gasteiger charge is 2.38. The van der Waals surface area contributed by atoms with Gasteiger partial charge in [0.05, 0.1) is 11.4 Å². The van der Waals surface area contributed by atoms with Crippen LogP contribution < -0.4 is 0 Å². The van der Waals surface area contributed by atoms with Crippen LogP contribution in [0.1, 0.15) is 99.7 Å². The van der Waals surface area contributed by atoms with Crippen molar-refractivity contribution in [1.29, 1.82) is 0 Å². The van der Waals surface area contributed by atoms with Crippen molar-refractivity contribution in [3.63, 3.8) is 0 Å². The van der Waals surface area contributed by atoms with Crippen LogP contribution in [0.4, 0.5) is 0 Å². The first-order valence-corrected chi connectivity index (χ1v) is 16.0. The minimum Gasteiger partial charge on any atom is -0.462 e. The highest BCUT2D eigenvalue weighted by atomic mass is 16.5. The maximum absolute atomic E-state index is 13.9. The van der Waals surface area contributed by atoms with Crippen molar-refractivity contribution in [2.75, 3.05) is 0 Å². The number of rotatable bonds is 7. The number of nitrogens with zero attached hydrogens (tertiary/aromatic N) is 2. The fourth-order valence-corrected chi connectivity index (χ4v) is 7.92. The molecule has 4 heteroatoms. The van der Waals surface area contributed by atoms with E-state index in [0.717, 1.165) is 49.0 Å². The molecule has 2 aliphatic carbocycles. The predicted octanol–water partition coefficient (Wildman–Crippen LogP) is 8.97. The molecule has 2 saturated carbocycles. The van der Waals surface area contributed by atoms with Crippen LogP contribution in [0.3, 0.4) is 0 Å². The zero-order valence-electron chi connectivity index (χ0n) is 25.5. The van der Waals surface area contributed by atoms with E-state index < -0.39 is 0 Å². The Morgan fingerprint density at radius 2 is 1.73 bits per heavy atom. The van der Waals surface area contributed by atoms with Crippen LogP contribution in [0.2, 0.25) is 0 Å². The second-order valence-electron chi connectivity index (χ2n) is 13.4. The van der Waals surface area contributed by atoms with Crippen LogP contribution in [-0.2, 0) is 16.0 Å². The minimum absolute atomic E-state index is 0.00831. The minimum atomic E-state index is -0.167. The molecule has 41 heavy (non-hydrogen) atoms. The Hall–Kier alpha value is -3.14. The predicted molar refractivity (Wildman–Crippen MR) is 167 cm³/mol. The standard InChI is InChI=1S/C37H46N2O2/c1-23(2)30-19-14-24(3)20-34(30)41-37(40)35(28-10-6-7-11-28)29-17-15-27(16-18-29)22-32-31-12-8-9-13-33(31)39-26(5)21-25(4)38-36(32)39/h8-9,12-13,15-18,21,23-24,28,30,34-35H,6-7,10-11,14,19-20,22H2,1-5H3/t24-,30+,34-,35+/m1/s1. The second kappa shape index (κ2) is 11.6. The molecule has 0 saturated heterocycles. The van der Waals surface area contributed by atoms with Crippen LogP contribution >= 0.6 is 0 Å². The van der Waals surface area contributed by atoms with E-state index >= 15 is 0 Å². The molecule has 0 aliphatic heterocycles. The molecule has 2 aliphatic rings. The zero-order valence-corrected chi connectivity index (χ0v) is 25.5. The van der Waals surface area contributed by atoms with E-state index in [2.05, 4.69) is 93.6 Å². The fraction of sp³-hybridized carbons (Fsp3) is 0.514. The zero-order chi connectivity index (χ0) is 28.7. The van der Waals surface area contributed by atoms with Gasteiger partial charge in [-0.2, -0.15) is 0 Å². The number of fused-ring (bicyclic) bond motifs is 3. The summed E-state index contributed by atoms with van der Waals surface area (Å²) in [6.45, 7) is 11.1. The van der Waals surface area contributed by atoms with Gasteiger partial charge in [-0.1, -0.05) is 82.5 Å². The van der Waals surface area contributed by atoms with Crippen molar-refractivity contribution in [3.05, 3.63) is 82.7 Å². The molecule has 0 bridgehead atoms. The average Bonchev–Trinajstić information content (AvgIpc) is 3.57. The normalized spacial score (nSPS) is 22.5. The number of carbonyl (C=O) groups excluding carboxylic acids is 1. The SMILES string of the molecule is Cc1cc(C)n2c(n1)c(Cc1ccc([C@@H](C(=O)O[C@@H]3C[C@H](C)CC[C@H]3C(C)C)C3CCCC3)cc1)c1ccccc12. The number of hydrogen-bond donors (Lipinski definition) is 0. The van der Waals surface area contributed by atoms with Crippen molar-refractivity contribution >= 4 is 22.5 Å². The molecular weight excluding hydrogens is 504 g/mol. The largest absolute Gasteiger partial charge is 0.462 e. The summed E-state index contributed by atoms with van der Waals surface area (Å²) < 4.78 is 8.74. The second-order valence-corrected chi connectivity index (χ2v) is 13.4. The van der Waals surface area contributed by atoms with Gasteiger partial charge in [-0.25, -0.2) is 4.98 Å². The highest BCUT2D eigenvalue weighted by molar-refractivity contribution is 5.91. The summed E-state index contributed by atoms with van der Waals surface area (Å²) in [4.78, 5) is 18.9. The Balaban J connectivity index is 1.29. The molecule has 2 aromatic heterocycles. The monoisotopic (exact) mass is 550 g/mol.